The van der Waals surface area contributed by atoms with E-state index in [1.54, 1.807) is 12.1 Å². The number of carbonyl (C=O) groups excluding carboxylic acids is 1. The van der Waals surface area contributed by atoms with Crippen molar-refractivity contribution in [2.24, 2.45) is 5.73 Å². The Kier molecular flexibility index (Phi) is 4.81. The minimum Gasteiger partial charge on any atom is -0.505 e. The second-order valence-electron chi connectivity index (χ2n) is 5.67. The van der Waals surface area contributed by atoms with Crippen molar-refractivity contribution in [3.05, 3.63) is 23.3 Å². The normalized spacial score (nSPS) is 11.5. The number of anilines is 1. The van der Waals surface area contributed by atoms with Crippen molar-refractivity contribution in [3.63, 3.8) is 0 Å². The highest BCUT2D eigenvalue weighted by molar-refractivity contribution is 5.97. The van der Waals surface area contributed by atoms with E-state index < -0.39 is 5.91 Å². The number of hydrogen-bond donors (Lipinski definition) is 3. The Hall–Kier alpha value is -1.71. The van der Waals surface area contributed by atoms with Gasteiger partial charge in [0.15, 0.2) is 5.75 Å². The van der Waals surface area contributed by atoms with Crippen molar-refractivity contribution >= 4 is 11.6 Å². The van der Waals surface area contributed by atoms with Crippen molar-refractivity contribution in [2.45, 2.75) is 51.9 Å². The highest BCUT2D eigenvalue weighted by Gasteiger charge is 2.23. The van der Waals surface area contributed by atoms with E-state index in [1.807, 2.05) is 0 Å². The Morgan fingerprint density at radius 3 is 2.47 bits per heavy atom. The average Bonchev–Trinajstić information content (AvgIpc) is 2.32. The highest BCUT2D eigenvalue weighted by atomic mass is 16.3. The molecule has 5 N–H and O–H groups in total. The minimum absolute atomic E-state index is 0.0959. The molecule has 0 radical (unpaired) electrons. The van der Waals surface area contributed by atoms with Crippen LogP contribution in [0.15, 0.2) is 12.1 Å². The van der Waals surface area contributed by atoms with Gasteiger partial charge in [0, 0.05) is 0 Å². The van der Waals surface area contributed by atoms with E-state index in [4.69, 9.17) is 11.5 Å². The van der Waals surface area contributed by atoms with Gasteiger partial charge in [-0.15, -0.1) is 0 Å². The van der Waals surface area contributed by atoms with Crippen LogP contribution in [0, 0.1) is 0 Å². The van der Waals surface area contributed by atoms with Crippen LogP contribution in [0.1, 0.15) is 62.4 Å². The molecule has 0 aliphatic heterocycles. The van der Waals surface area contributed by atoms with Crippen LogP contribution in [0.2, 0.25) is 0 Å². The third kappa shape index (κ3) is 3.63. The van der Waals surface area contributed by atoms with E-state index in [-0.39, 0.29) is 22.4 Å². The smallest absolute Gasteiger partial charge is 0.252 e. The molecule has 19 heavy (non-hydrogen) atoms. The first-order valence-corrected chi connectivity index (χ1v) is 6.72. The molecule has 0 saturated carbocycles. The SMILES string of the molecule is CCCCCC(C)(C)c1cc(N)c(O)c(C(N)=O)c1. The Labute approximate surface area is 114 Å². The van der Waals surface area contributed by atoms with Crippen LogP contribution in [0.4, 0.5) is 5.69 Å². The van der Waals surface area contributed by atoms with Crippen LogP contribution >= 0.6 is 0 Å². The fourth-order valence-corrected chi connectivity index (χ4v) is 2.20. The molecule has 0 fully saturated rings. The molecule has 0 atom stereocenters. The van der Waals surface area contributed by atoms with Gasteiger partial charge in [0.25, 0.3) is 5.91 Å². The number of hydrogen-bond acceptors (Lipinski definition) is 3. The van der Waals surface area contributed by atoms with Crippen molar-refractivity contribution in [1.29, 1.82) is 0 Å². The Morgan fingerprint density at radius 1 is 1.32 bits per heavy atom. The van der Waals surface area contributed by atoms with Gasteiger partial charge in [0.05, 0.1) is 11.3 Å². The van der Waals surface area contributed by atoms with E-state index >= 15 is 0 Å². The summed E-state index contributed by atoms with van der Waals surface area (Å²) in [4.78, 5) is 11.3. The molecule has 0 spiro atoms. The fourth-order valence-electron chi connectivity index (χ4n) is 2.20. The van der Waals surface area contributed by atoms with Crippen LogP contribution in [0.3, 0.4) is 0 Å². The summed E-state index contributed by atoms with van der Waals surface area (Å²) in [6.07, 6.45) is 4.47. The molecule has 0 aliphatic carbocycles. The summed E-state index contributed by atoms with van der Waals surface area (Å²) in [5.74, 6) is -0.879. The van der Waals surface area contributed by atoms with Gasteiger partial charge in [-0.3, -0.25) is 4.79 Å². The van der Waals surface area contributed by atoms with Gasteiger partial charge in [-0.05, 0) is 29.5 Å². The van der Waals surface area contributed by atoms with Gasteiger partial charge < -0.3 is 16.6 Å². The van der Waals surface area contributed by atoms with Gasteiger partial charge in [0.1, 0.15) is 0 Å². The van der Waals surface area contributed by atoms with Gasteiger partial charge in [-0.1, -0.05) is 40.0 Å². The quantitative estimate of drug-likeness (QED) is 0.419. The average molecular weight is 264 g/mol. The van der Waals surface area contributed by atoms with Gasteiger partial charge in [-0.25, -0.2) is 0 Å². The molecule has 0 aliphatic rings. The number of rotatable bonds is 6. The molecule has 4 nitrogen and oxygen atoms in total. The summed E-state index contributed by atoms with van der Waals surface area (Å²) in [6.45, 7) is 6.38. The zero-order valence-electron chi connectivity index (χ0n) is 12.0. The highest BCUT2D eigenvalue weighted by Crippen LogP contribution is 2.35. The molecule has 0 aromatic heterocycles. The number of benzene rings is 1. The van der Waals surface area contributed by atoms with E-state index in [2.05, 4.69) is 20.8 Å². The lowest BCUT2D eigenvalue weighted by atomic mass is 9.79. The zero-order valence-corrected chi connectivity index (χ0v) is 12.0. The van der Waals surface area contributed by atoms with Crippen LogP contribution < -0.4 is 11.5 Å². The number of unbranched alkanes of at least 4 members (excludes halogenated alkanes) is 2. The number of primary amides is 1. The summed E-state index contributed by atoms with van der Waals surface area (Å²) < 4.78 is 0. The standard InChI is InChI=1S/C15H24N2O2/c1-4-5-6-7-15(2,3)10-8-11(14(17)19)13(18)12(16)9-10/h8-9,18H,4-7,16H2,1-3H3,(H2,17,19). The van der Waals surface area contributed by atoms with Crippen LogP contribution in [-0.2, 0) is 5.41 Å². The van der Waals surface area contributed by atoms with Crippen molar-refractivity contribution in [1.82, 2.24) is 0 Å². The number of aromatic hydroxyl groups is 1. The molecule has 1 aromatic carbocycles. The van der Waals surface area contributed by atoms with Crippen molar-refractivity contribution < 1.29 is 9.90 Å². The number of phenols is 1. The Bertz CT molecular complexity index is 467. The molecule has 4 heteroatoms. The fraction of sp³-hybridized carbons (Fsp3) is 0.533. The summed E-state index contributed by atoms with van der Waals surface area (Å²) in [5, 5.41) is 9.75. The molecule has 0 saturated heterocycles. The van der Waals surface area contributed by atoms with E-state index in [0.717, 1.165) is 18.4 Å². The summed E-state index contributed by atoms with van der Waals surface area (Å²) >= 11 is 0. The zero-order chi connectivity index (χ0) is 14.6. The van der Waals surface area contributed by atoms with Crippen molar-refractivity contribution in [2.75, 3.05) is 5.73 Å². The maximum Gasteiger partial charge on any atom is 0.252 e. The second-order valence-corrected chi connectivity index (χ2v) is 5.67. The third-order valence-electron chi connectivity index (χ3n) is 3.59. The molecular weight excluding hydrogens is 240 g/mol. The first-order chi connectivity index (χ1) is 8.79. The maximum atomic E-state index is 11.3. The second kappa shape index (κ2) is 5.95. The number of amides is 1. The summed E-state index contributed by atoms with van der Waals surface area (Å²) in [7, 11) is 0. The van der Waals surface area contributed by atoms with E-state index in [9.17, 15) is 9.90 Å². The lowest BCUT2D eigenvalue weighted by Gasteiger charge is -2.26. The molecule has 106 valence electrons. The first kappa shape index (κ1) is 15.3. The number of carbonyl (C=O) groups is 1. The lowest BCUT2D eigenvalue weighted by Crippen LogP contribution is -2.20. The topological polar surface area (TPSA) is 89.3 Å². The molecule has 1 amide bonds. The Balaban J connectivity index is 3.09. The molecule has 0 heterocycles. The van der Waals surface area contributed by atoms with E-state index in [1.165, 1.54) is 12.8 Å². The lowest BCUT2D eigenvalue weighted by molar-refractivity contribution is 0.0997. The number of nitrogens with two attached hydrogens (primary N) is 2. The largest absolute Gasteiger partial charge is 0.505 e. The predicted octanol–water partition coefficient (Wildman–Crippen LogP) is 2.93. The first-order valence-electron chi connectivity index (χ1n) is 6.72. The molecule has 0 unspecified atom stereocenters. The molecule has 1 aromatic rings. The predicted molar refractivity (Wildman–Crippen MR) is 78.2 cm³/mol. The molecule has 0 bridgehead atoms. The minimum atomic E-state index is -0.657. The van der Waals surface area contributed by atoms with Gasteiger partial charge in [-0.2, -0.15) is 0 Å². The monoisotopic (exact) mass is 264 g/mol. The maximum absolute atomic E-state index is 11.3. The number of nitrogen functional groups attached to an aromatic ring is 1. The third-order valence-corrected chi connectivity index (χ3v) is 3.59. The molecule has 1 rings (SSSR count). The Morgan fingerprint density at radius 2 is 1.95 bits per heavy atom. The van der Waals surface area contributed by atoms with Gasteiger partial charge >= 0.3 is 0 Å². The van der Waals surface area contributed by atoms with Crippen LogP contribution in [0.5, 0.6) is 5.75 Å². The summed E-state index contributed by atoms with van der Waals surface area (Å²) in [5.41, 5.74) is 12.2. The van der Waals surface area contributed by atoms with Crippen LogP contribution in [-0.4, -0.2) is 11.0 Å². The van der Waals surface area contributed by atoms with Gasteiger partial charge in [0.2, 0.25) is 0 Å². The van der Waals surface area contributed by atoms with Crippen LogP contribution in [0.25, 0.3) is 0 Å². The molecular formula is C15H24N2O2. The summed E-state index contributed by atoms with van der Waals surface area (Å²) in [6, 6.07) is 3.38. The van der Waals surface area contributed by atoms with E-state index in [0.29, 0.717) is 0 Å². The van der Waals surface area contributed by atoms with Crippen molar-refractivity contribution in [3.8, 4) is 5.75 Å².